The van der Waals surface area contributed by atoms with Gasteiger partial charge in [-0.15, -0.1) is 11.3 Å². The molecule has 0 fully saturated rings. The van der Waals surface area contributed by atoms with E-state index in [-0.39, 0.29) is 12.1 Å². The number of thiazole rings is 1. The second-order valence-corrected chi connectivity index (χ2v) is 8.03. The zero-order chi connectivity index (χ0) is 22.0. The number of aliphatic imine (C=N–C) groups is 1. The zero-order valence-corrected chi connectivity index (χ0v) is 17.4. The quantitative estimate of drug-likeness (QED) is 0.424. The molecule has 4 aromatic rings. The van der Waals surface area contributed by atoms with Crippen LogP contribution in [0, 0.1) is 11.6 Å². The Labute approximate surface area is 181 Å². The van der Waals surface area contributed by atoms with Gasteiger partial charge in [-0.3, -0.25) is 4.99 Å². The second kappa shape index (κ2) is 8.44. The Hall–Kier alpha value is -3.30. The van der Waals surface area contributed by atoms with Crippen molar-refractivity contribution in [2.24, 2.45) is 4.99 Å². The zero-order valence-electron chi connectivity index (χ0n) is 16.6. The Kier molecular flexibility index (Phi) is 5.71. The van der Waals surface area contributed by atoms with E-state index in [0.717, 1.165) is 29.1 Å². The fourth-order valence-electron chi connectivity index (χ4n) is 3.42. The fourth-order valence-corrected chi connectivity index (χ4v) is 4.39. The summed E-state index contributed by atoms with van der Waals surface area (Å²) < 4.78 is 29.6. The summed E-state index contributed by atoms with van der Waals surface area (Å²) in [6, 6.07) is 10.6. The molecule has 0 radical (unpaired) electrons. The molecule has 0 bridgehead atoms. The summed E-state index contributed by atoms with van der Waals surface area (Å²) in [5, 5.41) is 18.2. The number of hydrogen-bond donors (Lipinski definition) is 1. The van der Waals surface area contributed by atoms with Crippen LogP contribution in [0.2, 0.25) is 0 Å². The highest BCUT2D eigenvalue weighted by Gasteiger charge is 2.41. The van der Waals surface area contributed by atoms with Crippen LogP contribution >= 0.6 is 11.3 Å². The lowest BCUT2D eigenvalue weighted by Gasteiger charge is -2.33. The SMILES string of the molecule is C=Nc1ccc(-c2csc([C@H](C)C(O)(Cn3cncn3)c3ccc(F)cc3F)n2)cc1. The lowest BCUT2D eigenvalue weighted by atomic mass is 9.82. The summed E-state index contributed by atoms with van der Waals surface area (Å²) in [7, 11) is 0. The van der Waals surface area contributed by atoms with Crippen molar-refractivity contribution in [3.63, 3.8) is 0 Å². The van der Waals surface area contributed by atoms with Crippen LogP contribution in [0.4, 0.5) is 14.5 Å². The summed E-state index contributed by atoms with van der Waals surface area (Å²) in [6.45, 7) is 5.18. The van der Waals surface area contributed by atoms with Crippen LogP contribution in [0.25, 0.3) is 11.3 Å². The number of halogens is 2. The van der Waals surface area contributed by atoms with Gasteiger partial charge in [-0.25, -0.2) is 23.4 Å². The molecule has 2 heterocycles. The van der Waals surface area contributed by atoms with Crippen molar-refractivity contribution in [2.45, 2.75) is 25.0 Å². The third-order valence-electron chi connectivity index (χ3n) is 5.22. The topological polar surface area (TPSA) is 76.2 Å². The minimum absolute atomic E-state index is 0.0324. The van der Waals surface area contributed by atoms with Crippen molar-refractivity contribution in [3.05, 3.63) is 82.7 Å². The van der Waals surface area contributed by atoms with E-state index < -0.39 is 23.2 Å². The van der Waals surface area contributed by atoms with Gasteiger partial charge in [-0.1, -0.05) is 25.1 Å². The molecule has 1 unspecified atom stereocenters. The van der Waals surface area contributed by atoms with E-state index in [0.29, 0.717) is 5.01 Å². The first-order valence-electron chi connectivity index (χ1n) is 9.43. The first kappa shape index (κ1) is 21.0. The van der Waals surface area contributed by atoms with E-state index in [9.17, 15) is 13.9 Å². The molecule has 0 saturated heterocycles. The molecule has 2 aromatic carbocycles. The van der Waals surface area contributed by atoms with Crippen LogP contribution in [0.5, 0.6) is 0 Å². The third kappa shape index (κ3) is 4.14. The highest BCUT2D eigenvalue weighted by atomic mass is 32.1. The Bertz CT molecular complexity index is 1190. The van der Waals surface area contributed by atoms with Crippen molar-refractivity contribution >= 4 is 23.7 Å². The third-order valence-corrected chi connectivity index (χ3v) is 6.25. The predicted molar refractivity (Wildman–Crippen MR) is 115 cm³/mol. The number of hydrogen-bond acceptors (Lipinski definition) is 6. The van der Waals surface area contributed by atoms with Crippen molar-refractivity contribution in [2.75, 3.05) is 0 Å². The summed E-state index contributed by atoms with van der Waals surface area (Å²) in [5.74, 6) is -2.17. The van der Waals surface area contributed by atoms with E-state index in [2.05, 4.69) is 26.8 Å². The van der Waals surface area contributed by atoms with E-state index in [4.69, 9.17) is 0 Å². The first-order valence-corrected chi connectivity index (χ1v) is 10.3. The minimum Gasteiger partial charge on any atom is -0.382 e. The number of nitrogens with zero attached hydrogens (tertiary/aromatic N) is 5. The molecular weight excluding hydrogens is 420 g/mol. The monoisotopic (exact) mass is 439 g/mol. The summed E-state index contributed by atoms with van der Waals surface area (Å²) in [6.07, 6.45) is 2.76. The fraction of sp³-hybridized carbons (Fsp3) is 0.182. The molecule has 0 spiro atoms. The van der Waals surface area contributed by atoms with Gasteiger partial charge in [-0.2, -0.15) is 5.10 Å². The van der Waals surface area contributed by atoms with Crippen molar-refractivity contribution in [1.82, 2.24) is 19.7 Å². The maximum absolute atomic E-state index is 14.7. The lowest BCUT2D eigenvalue weighted by Crippen LogP contribution is -2.38. The molecule has 2 atom stereocenters. The molecule has 0 saturated carbocycles. The van der Waals surface area contributed by atoms with Crippen molar-refractivity contribution in [1.29, 1.82) is 0 Å². The summed E-state index contributed by atoms with van der Waals surface area (Å²) in [4.78, 5) is 12.4. The standard InChI is InChI=1S/C22H19F2N5OS/c1-14(21-28-20(10-31-21)15-3-6-17(25-2)7-4-15)22(30,11-29-13-26-12-27-29)18-8-5-16(23)9-19(18)24/h3-10,12-14,30H,2,11H2,1H3/t14-,22?/m0/s1. The lowest BCUT2D eigenvalue weighted by molar-refractivity contribution is -0.0112. The highest BCUT2D eigenvalue weighted by Crippen LogP contribution is 2.41. The number of rotatable bonds is 7. The summed E-state index contributed by atoms with van der Waals surface area (Å²) >= 11 is 1.36. The number of aliphatic hydroxyl groups is 1. The van der Waals surface area contributed by atoms with Crippen molar-refractivity contribution < 1.29 is 13.9 Å². The average molecular weight is 439 g/mol. The smallest absolute Gasteiger partial charge is 0.137 e. The van der Waals surface area contributed by atoms with Crippen molar-refractivity contribution in [3.8, 4) is 11.3 Å². The van der Waals surface area contributed by atoms with Gasteiger partial charge in [0.2, 0.25) is 0 Å². The van der Waals surface area contributed by atoms with Gasteiger partial charge in [0, 0.05) is 28.5 Å². The normalized spacial score (nSPS) is 14.2. The van der Waals surface area contributed by atoms with E-state index in [1.54, 1.807) is 6.92 Å². The van der Waals surface area contributed by atoms with Gasteiger partial charge in [-0.05, 0) is 24.9 Å². The molecule has 0 aliphatic heterocycles. The molecule has 1 N–H and O–H groups in total. The van der Waals surface area contributed by atoms with E-state index in [1.165, 1.54) is 34.7 Å². The largest absolute Gasteiger partial charge is 0.382 e. The Morgan fingerprint density at radius 1 is 1.23 bits per heavy atom. The second-order valence-electron chi connectivity index (χ2n) is 7.14. The van der Waals surface area contributed by atoms with Crippen LogP contribution in [0.1, 0.15) is 23.4 Å². The molecule has 0 aliphatic carbocycles. The predicted octanol–water partition coefficient (Wildman–Crippen LogP) is 4.70. The Balaban J connectivity index is 1.73. The molecule has 31 heavy (non-hydrogen) atoms. The average Bonchev–Trinajstić information content (AvgIpc) is 3.45. The van der Waals surface area contributed by atoms with Gasteiger partial charge < -0.3 is 5.11 Å². The van der Waals surface area contributed by atoms with Gasteiger partial charge in [0.1, 0.15) is 29.9 Å². The molecule has 158 valence electrons. The first-order chi connectivity index (χ1) is 14.9. The molecule has 9 heteroatoms. The van der Waals surface area contributed by atoms with Gasteiger partial charge >= 0.3 is 0 Å². The van der Waals surface area contributed by atoms with Crippen LogP contribution in [-0.2, 0) is 12.1 Å². The Morgan fingerprint density at radius 3 is 2.65 bits per heavy atom. The van der Waals surface area contributed by atoms with E-state index >= 15 is 0 Å². The molecule has 6 nitrogen and oxygen atoms in total. The number of aromatic nitrogens is 4. The van der Waals surface area contributed by atoms with Gasteiger partial charge in [0.25, 0.3) is 0 Å². The Morgan fingerprint density at radius 2 is 2.00 bits per heavy atom. The van der Waals surface area contributed by atoms with Crippen LogP contribution in [-0.4, -0.2) is 31.6 Å². The van der Waals surface area contributed by atoms with Gasteiger partial charge in [0.15, 0.2) is 0 Å². The molecular formula is C22H19F2N5OS. The maximum atomic E-state index is 14.7. The molecule has 4 rings (SSSR count). The minimum atomic E-state index is -1.74. The molecule has 0 amide bonds. The molecule has 2 aromatic heterocycles. The van der Waals surface area contributed by atoms with Crippen LogP contribution < -0.4 is 0 Å². The number of benzene rings is 2. The van der Waals surface area contributed by atoms with E-state index in [1.807, 2.05) is 29.6 Å². The van der Waals surface area contributed by atoms with Crippen LogP contribution in [0.15, 0.2) is 65.5 Å². The van der Waals surface area contributed by atoms with Gasteiger partial charge in [0.05, 0.1) is 22.9 Å². The summed E-state index contributed by atoms with van der Waals surface area (Å²) in [5.41, 5.74) is 0.591. The molecule has 0 aliphatic rings. The van der Waals surface area contributed by atoms with Crippen LogP contribution in [0.3, 0.4) is 0 Å². The highest BCUT2D eigenvalue weighted by molar-refractivity contribution is 7.10. The maximum Gasteiger partial charge on any atom is 0.137 e.